The van der Waals surface area contributed by atoms with Crippen LogP contribution in [0.5, 0.6) is 0 Å². The summed E-state index contributed by atoms with van der Waals surface area (Å²) >= 11 is 0. The molecule has 0 aliphatic carbocycles. The highest BCUT2D eigenvalue weighted by Gasteiger charge is 2.34. The highest BCUT2D eigenvalue weighted by atomic mass is 16.6. The minimum atomic E-state index is -0.469. The molecule has 1 atom stereocenters. The molecule has 0 aromatic rings. The fourth-order valence-electron chi connectivity index (χ4n) is 1.89. The van der Waals surface area contributed by atoms with Crippen molar-refractivity contribution in [3.05, 3.63) is 0 Å². The molecule has 6 nitrogen and oxygen atoms in total. The van der Waals surface area contributed by atoms with E-state index in [1.165, 1.54) is 0 Å². The highest BCUT2D eigenvalue weighted by Crippen LogP contribution is 2.15. The fraction of sp³-hybridized carbons (Fsp3) is 0.857. The summed E-state index contributed by atoms with van der Waals surface area (Å²) in [5.74, 6) is 0.00238. The van der Waals surface area contributed by atoms with Gasteiger partial charge in [-0.3, -0.25) is 10.1 Å². The van der Waals surface area contributed by atoms with Crippen LogP contribution in [0.1, 0.15) is 41.0 Å². The van der Waals surface area contributed by atoms with Crippen LogP contribution in [-0.2, 0) is 9.53 Å². The number of nitrogens with zero attached hydrogens (tertiary/aromatic N) is 1. The lowest BCUT2D eigenvalue weighted by atomic mass is 10.1. The van der Waals surface area contributed by atoms with E-state index in [9.17, 15) is 9.59 Å². The Balaban J connectivity index is 2.24. The Morgan fingerprint density at radius 3 is 2.45 bits per heavy atom. The third-order valence-corrected chi connectivity index (χ3v) is 2.96. The van der Waals surface area contributed by atoms with Crippen LogP contribution in [-0.4, -0.2) is 54.2 Å². The molecule has 1 rings (SSSR count). The predicted octanol–water partition coefficient (Wildman–Crippen LogP) is 1.11. The molecule has 0 saturated carbocycles. The Kier molecular flexibility index (Phi) is 5.80. The number of hydrogen-bond donors (Lipinski definition) is 2. The van der Waals surface area contributed by atoms with E-state index in [0.717, 1.165) is 6.42 Å². The number of ether oxygens (including phenoxy) is 1. The van der Waals surface area contributed by atoms with Crippen molar-refractivity contribution in [1.82, 2.24) is 15.5 Å². The minimum Gasteiger partial charge on any atom is -0.444 e. The molecule has 0 aromatic carbocycles. The first-order chi connectivity index (χ1) is 9.23. The summed E-state index contributed by atoms with van der Waals surface area (Å²) in [5, 5.41) is 6.06. The first kappa shape index (κ1) is 16.8. The van der Waals surface area contributed by atoms with Gasteiger partial charge in [-0.1, -0.05) is 6.92 Å². The number of rotatable bonds is 5. The Hall–Kier alpha value is -1.30. The van der Waals surface area contributed by atoms with Gasteiger partial charge in [-0.15, -0.1) is 0 Å². The lowest BCUT2D eigenvalue weighted by molar-refractivity contribution is -0.123. The van der Waals surface area contributed by atoms with Crippen LogP contribution >= 0.6 is 0 Å². The molecular weight excluding hydrogens is 258 g/mol. The third-order valence-electron chi connectivity index (χ3n) is 2.96. The van der Waals surface area contributed by atoms with Crippen molar-refractivity contribution in [3.8, 4) is 0 Å². The third kappa shape index (κ3) is 5.36. The first-order valence-electron chi connectivity index (χ1n) is 7.24. The smallest absolute Gasteiger partial charge is 0.410 e. The van der Waals surface area contributed by atoms with Crippen LogP contribution in [0.3, 0.4) is 0 Å². The van der Waals surface area contributed by atoms with Gasteiger partial charge in [0.2, 0.25) is 5.91 Å². The summed E-state index contributed by atoms with van der Waals surface area (Å²) in [6, 6.07) is -0.0859. The van der Waals surface area contributed by atoms with Gasteiger partial charge in [-0.2, -0.15) is 0 Å². The van der Waals surface area contributed by atoms with Gasteiger partial charge in [0.05, 0.1) is 6.04 Å². The summed E-state index contributed by atoms with van der Waals surface area (Å²) in [7, 11) is 0. The number of nitrogens with one attached hydrogen (secondary N) is 2. The average Bonchev–Trinajstić information content (AvgIpc) is 2.27. The maximum Gasteiger partial charge on any atom is 0.410 e. The van der Waals surface area contributed by atoms with E-state index in [-0.39, 0.29) is 24.1 Å². The molecule has 1 heterocycles. The quantitative estimate of drug-likeness (QED) is 0.794. The second-order valence-corrected chi connectivity index (χ2v) is 6.26. The SMILES string of the molecule is CCCNC(=O)C(C)NC1CN(C(=O)OC(C)(C)C)C1. The van der Waals surface area contributed by atoms with Crippen molar-refractivity contribution < 1.29 is 14.3 Å². The molecule has 0 radical (unpaired) electrons. The summed E-state index contributed by atoms with van der Waals surface area (Å²) in [6.07, 6.45) is 0.632. The highest BCUT2D eigenvalue weighted by molar-refractivity contribution is 5.81. The molecule has 1 unspecified atom stereocenters. The largest absolute Gasteiger partial charge is 0.444 e. The summed E-state index contributed by atoms with van der Waals surface area (Å²) < 4.78 is 5.28. The van der Waals surface area contributed by atoms with E-state index in [4.69, 9.17) is 4.74 Å². The van der Waals surface area contributed by atoms with Gasteiger partial charge in [0.15, 0.2) is 0 Å². The number of likely N-dealkylation sites (tertiary alicyclic amines) is 1. The lowest BCUT2D eigenvalue weighted by Gasteiger charge is -2.41. The normalized spacial score (nSPS) is 17.4. The maximum atomic E-state index is 11.7. The van der Waals surface area contributed by atoms with Crippen LogP contribution in [0.2, 0.25) is 0 Å². The summed E-state index contributed by atoms with van der Waals surface area (Å²) in [6.45, 7) is 11.3. The van der Waals surface area contributed by atoms with Crippen molar-refractivity contribution >= 4 is 12.0 Å². The van der Waals surface area contributed by atoms with Crippen molar-refractivity contribution in [1.29, 1.82) is 0 Å². The Morgan fingerprint density at radius 1 is 1.35 bits per heavy atom. The van der Waals surface area contributed by atoms with E-state index in [1.54, 1.807) is 4.90 Å². The van der Waals surface area contributed by atoms with Gasteiger partial charge in [0, 0.05) is 25.7 Å². The molecule has 116 valence electrons. The Morgan fingerprint density at radius 2 is 1.95 bits per heavy atom. The van der Waals surface area contributed by atoms with E-state index in [0.29, 0.717) is 19.6 Å². The predicted molar refractivity (Wildman–Crippen MR) is 77.5 cm³/mol. The van der Waals surface area contributed by atoms with Crippen molar-refractivity contribution in [2.75, 3.05) is 19.6 Å². The molecule has 0 aromatic heterocycles. The number of carbonyl (C=O) groups excluding carboxylic acids is 2. The zero-order chi connectivity index (χ0) is 15.3. The Labute approximate surface area is 121 Å². The number of hydrogen-bond acceptors (Lipinski definition) is 4. The Bertz CT molecular complexity index is 346. The van der Waals surface area contributed by atoms with Gasteiger partial charge in [-0.05, 0) is 34.1 Å². The topological polar surface area (TPSA) is 70.7 Å². The van der Waals surface area contributed by atoms with Crippen LogP contribution in [0.15, 0.2) is 0 Å². The number of carbonyl (C=O) groups is 2. The molecule has 0 bridgehead atoms. The van der Waals surface area contributed by atoms with Gasteiger partial charge < -0.3 is 15.0 Å². The van der Waals surface area contributed by atoms with Crippen LogP contribution in [0.4, 0.5) is 4.79 Å². The van der Waals surface area contributed by atoms with Crippen molar-refractivity contribution in [2.24, 2.45) is 0 Å². The van der Waals surface area contributed by atoms with Gasteiger partial charge >= 0.3 is 6.09 Å². The van der Waals surface area contributed by atoms with Crippen LogP contribution in [0, 0.1) is 0 Å². The molecule has 1 fully saturated rings. The molecule has 1 aliphatic rings. The number of amides is 2. The molecule has 1 aliphatic heterocycles. The summed E-state index contributed by atoms with van der Waals surface area (Å²) in [5.41, 5.74) is -0.469. The van der Waals surface area contributed by atoms with Crippen LogP contribution < -0.4 is 10.6 Å². The van der Waals surface area contributed by atoms with E-state index < -0.39 is 5.60 Å². The van der Waals surface area contributed by atoms with Gasteiger partial charge in [0.25, 0.3) is 0 Å². The average molecular weight is 285 g/mol. The first-order valence-corrected chi connectivity index (χ1v) is 7.24. The molecule has 0 spiro atoms. The maximum absolute atomic E-state index is 11.7. The zero-order valence-corrected chi connectivity index (χ0v) is 13.2. The zero-order valence-electron chi connectivity index (χ0n) is 13.2. The lowest BCUT2D eigenvalue weighted by Crippen LogP contribution is -2.63. The fourth-order valence-corrected chi connectivity index (χ4v) is 1.89. The van der Waals surface area contributed by atoms with E-state index in [2.05, 4.69) is 10.6 Å². The molecule has 2 amide bonds. The van der Waals surface area contributed by atoms with Crippen LogP contribution in [0.25, 0.3) is 0 Å². The minimum absolute atomic E-state index is 0.00238. The second-order valence-electron chi connectivity index (χ2n) is 6.26. The molecular formula is C14H27N3O3. The van der Waals surface area contributed by atoms with Crippen molar-refractivity contribution in [2.45, 2.75) is 58.7 Å². The van der Waals surface area contributed by atoms with E-state index in [1.807, 2.05) is 34.6 Å². The summed E-state index contributed by atoms with van der Waals surface area (Å²) in [4.78, 5) is 25.1. The second kappa shape index (κ2) is 6.92. The van der Waals surface area contributed by atoms with E-state index >= 15 is 0 Å². The molecule has 6 heteroatoms. The molecule has 1 saturated heterocycles. The van der Waals surface area contributed by atoms with Gasteiger partial charge in [0.1, 0.15) is 5.60 Å². The standard InChI is InChI=1S/C14H27N3O3/c1-6-7-15-12(18)10(2)16-11-8-17(9-11)13(19)20-14(3,4)5/h10-11,16H,6-9H2,1-5H3,(H,15,18). The monoisotopic (exact) mass is 285 g/mol. The van der Waals surface area contributed by atoms with Crippen molar-refractivity contribution in [3.63, 3.8) is 0 Å². The van der Waals surface area contributed by atoms with Gasteiger partial charge in [-0.25, -0.2) is 4.79 Å². The molecule has 2 N–H and O–H groups in total. The molecule has 20 heavy (non-hydrogen) atoms.